The van der Waals surface area contributed by atoms with Crippen molar-refractivity contribution in [1.29, 1.82) is 0 Å². The highest BCUT2D eigenvalue weighted by Crippen LogP contribution is 1.73. The van der Waals surface area contributed by atoms with Crippen LogP contribution in [0.3, 0.4) is 0 Å². The maximum absolute atomic E-state index is 9.54. The van der Waals surface area contributed by atoms with Crippen molar-refractivity contribution in [3.05, 3.63) is 4.91 Å². The summed E-state index contributed by atoms with van der Waals surface area (Å²) in [4.78, 5) is 17.0. The van der Waals surface area contributed by atoms with Gasteiger partial charge in [-0.3, -0.25) is 0 Å². The summed E-state index contributed by atoms with van der Waals surface area (Å²) >= 11 is 0. The predicted molar refractivity (Wildman–Crippen MR) is 20.1 cm³/mol. The second-order valence-electron chi connectivity index (χ2n) is 0.712. The van der Waals surface area contributed by atoms with Gasteiger partial charge in [-0.25, -0.2) is 0 Å². The van der Waals surface area contributed by atoms with E-state index in [4.69, 9.17) is 5.73 Å². The second kappa shape index (κ2) is 4.24. The van der Waals surface area contributed by atoms with Crippen molar-refractivity contribution in [3.63, 3.8) is 0 Å². The van der Waals surface area contributed by atoms with Gasteiger partial charge in [-0.15, -0.1) is 5.84 Å². The molecule has 48 valence electrons. The lowest BCUT2D eigenvalue weighted by molar-refractivity contribution is -0.928. The summed E-state index contributed by atoms with van der Waals surface area (Å²) in [6, 6.07) is 0. The number of hydrogen-bond donors (Lipinski definition) is 2. The van der Waals surface area contributed by atoms with Crippen molar-refractivity contribution in [2.45, 2.75) is 0 Å². The van der Waals surface area contributed by atoms with Crippen LogP contribution >= 0.6 is 0 Å². The first-order valence-corrected chi connectivity index (χ1v) is 1.65. The van der Waals surface area contributed by atoms with Gasteiger partial charge in [0.25, 0.3) is 0 Å². The molecule has 0 aliphatic rings. The molecule has 8 heavy (non-hydrogen) atoms. The van der Waals surface area contributed by atoms with Gasteiger partial charge >= 0.3 is 5.03 Å². The molecule has 0 saturated heterocycles. The molecule has 7 heteroatoms. The third-order valence-corrected chi connectivity index (χ3v) is 0.220. The topological polar surface area (TPSA) is 99.8 Å². The molecule has 0 aromatic rings. The van der Waals surface area contributed by atoms with E-state index in [1.807, 2.05) is 0 Å². The minimum atomic E-state index is -0.421. The van der Waals surface area contributed by atoms with E-state index in [9.17, 15) is 4.91 Å². The maximum atomic E-state index is 9.54. The van der Waals surface area contributed by atoms with Gasteiger partial charge in [0.05, 0.1) is 5.04 Å². The summed E-state index contributed by atoms with van der Waals surface area (Å²) < 4.78 is 0. The van der Waals surface area contributed by atoms with Gasteiger partial charge in [0.1, 0.15) is 11.6 Å². The normalized spacial score (nSPS) is 8.62. The lowest BCUT2D eigenvalue weighted by Gasteiger charge is -1.86. The number of hydrazine groups is 1. The van der Waals surface area contributed by atoms with Crippen LogP contribution in [-0.4, -0.2) is 11.8 Å². The Hall–Kier alpha value is -0.920. The van der Waals surface area contributed by atoms with Crippen LogP contribution in [0.2, 0.25) is 0 Å². The van der Waals surface area contributed by atoms with Crippen molar-refractivity contribution in [2.24, 2.45) is 11.6 Å². The molecule has 0 spiro atoms. The van der Waals surface area contributed by atoms with Crippen molar-refractivity contribution >= 4 is 0 Å². The van der Waals surface area contributed by atoms with Crippen LogP contribution in [0.1, 0.15) is 0 Å². The fourth-order valence-corrected chi connectivity index (χ4v) is 0.0793. The molecule has 0 aromatic heterocycles. The van der Waals surface area contributed by atoms with E-state index in [0.717, 1.165) is 0 Å². The van der Waals surface area contributed by atoms with E-state index in [0.29, 0.717) is 0 Å². The van der Waals surface area contributed by atoms with Crippen LogP contribution < -0.4 is 11.6 Å². The molecule has 0 atom stereocenters. The molecule has 0 aromatic carbocycles. The minimum absolute atomic E-state index is 0.214. The zero-order valence-corrected chi connectivity index (χ0v) is 3.94. The number of nitrogens with two attached hydrogens (primary N) is 2. The summed E-state index contributed by atoms with van der Waals surface area (Å²) in [5.74, 6) is 4.34. The van der Waals surface area contributed by atoms with Crippen molar-refractivity contribution in [1.82, 2.24) is 0 Å². The lowest BCUT2D eigenvalue weighted by Crippen LogP contribution is -2.18. The van der Waals surface area contributed by atoms with Crippen molar-refractivity contribution in [3.8, 4) is 0 Å². The molecule has 0 unspecified atom stereocenters. The summed E-state index contributed by atoms with van der Waals surface area (Å²) in [5, 5.41) is 3.19. The van der Waals surface area contributed by atoms with E-state index in [-0.39, 0.29) is 6.73 Å². The van der Waals surface area contributed by atoms with E-state index in [2.05, 4.69) is 20.8 Å². The minimum Gasteiger partial charge on any atom is -0.306 e. The molecule has 7 nitrogen and oxygen atoms in total. The molecule has 0 heterocycles. The number of nitrogens with zero attached hydrogens (tertiary/aromatic N) is 1. The Morgan fingerprint density at radius 2 is 2.25 bits per heavy atom. The Labute approximate surface area is 44.4 Å². The van der Waals surface area contributed by atoms with Crippen molar-refractivity contribution < 1.29 is 19.9 Å². The van der Waals surface area contributed by atoms with Gasteiger partial charge in [0, 0.05) is 4.99 Å². The van der Waals surface area contributed by atoms with Crippen LogP contribution in [0.5, 0.6) is 0 Å². The molecule has 4 N–H and O–H groups in total. The van der Waals surface area contributed by atoms with Crippen LogP contribution in [0, 0.1) is 4.91 Å². The quantitative estimate of drug-likeness (QED) is 0.153. The number of rotatable bonds is 4. The van der Waals surface area contributed by atoms with Gasteiger partial charge in [-0.2, -0.15) is 4.89 Å². The zero-order chi connectivity index (χ0) is 6.41. The third-order valence-electron chi connectivity index (χ3n) is 0.220. The molecular weight excluding hydrogens is 118 g/mol. The van der Waals surface area contributed by atoms with Gasteiger partial charge in [0.15, 0.2) is 0 Å². The fraction of sp³-hybridized carbons (Fsp3) is 1.00. The highest BCUT2D eigenvalue weighted by Gasteiger charge is 1.99. The zero-order valence-electron chi connectivity index (χ0n) is 3.94. The number of hydrogen-bond acceptors (Lipinski definition) is 5. The van der Waals surface area contributed by atoms with E-state index in [1.54, 1.807) is 0 Å². The Kier molecular flexibility index (Phi) is 3.76. The SMILES string of the molecule is NCOOO[N+](N)=O. The maximum Gasteiger partial charge on any atom is 0.390 e. The summed E-state index contributed by atoms with van der Waals surface area (Å²) in [5.41, 5.74) is 4.73. The molecule has 0 aliphatic heterocycles. The standard InChI is InChI=1S/CH6N3O4/c2-1-6-8-7-4(3)5/h1-2H2,(H2,3,5)/q+1. The summed E-state index contributed by atoms with van der Waals surface area (Å²) in [6.45, 7) is -0.214. The molecule has 0 saturated carbocycles. The van der Waals surface area contributed by atoms with Gasteiger partial charge in [-0.1, -0.05) is 0 Å². The van der Waals surface area contributed by atoms with Crippen LogP contribution in [0.25, 0.3) is 0 Å². The Morgan fingerprint density at radius 3 is 2.62 bits per heavy atom. The highest BCUT2D eigenvalue weighted by atomic mass is 17.6. The molecule has 0 amide bonds. The Morgan fingerprint density at radius 1 is 1.62 bits per heavy atom. The molecule has 0 rings (SSSR count). The van der Waals surface area contributed by atoms with E-state index < -0.39 is 5.03 Å². The van der Waals surface area contributed by atoms with Gasteiger partial charge < -0.3 is 5.73 Å². The van der Waals surface area contributed by atoms with Crippen LogP contribution in [-0.2, 0) is 14.9 Å². The lowest BCUT2D eigenvalue weighted by atomic mass is 11.4. The predicted octanol–water partition coefficient (Wildman–Crippen LogP) is -1.65. The summed E-state index contributed by atoms with van der Waals surface area (Å²) in [6.07, 6.45) is 0. The first-order chi connectivity index (χ1) is 3.77. The summed E-state index contributed by atoms with van der Waals surface area (Å²) in [7, 11) is 0. The molecule has 0 bridgehead atoms. The van der Waals surface area contributed by atoms with E-state index in [1.165, 1.54) is 0 Å². The molecule has 0 fully saturated rings. The first-order valence-electron chi connectivity index (χ1n) is 1.65. The smallest absolute Gasteiger partial charge is 0.306 e. The molecule has 0 aliphatic carbocycles. The average Bonchev–Trinajstić information content (AvgIpc) is 1.66. The highest BCUT2D eigenvalue weighted by molar-refractivity contribution is 3.83. The van der Waals surface area contributed by atoms with Crippen molar-refractivity contribution in [2.75, 3.05) is 6.73 Å². The largest absolute Gasteiger partial charge is 0.390 e. The molecular formula is CH6N3O4+. The Balaban J connectivity index is 2.82. The van der Waals surface area contributed by atoms with Gasteiger partial charge in [0.2, 0.25) is 0 Å². The second-order valence-corrected chi connectivity index (χ2v) is 0.712. The van der Waals surface area contributed by atoms with Gasteiger partial charge in [-0.05, 0) is 0 Å². The first kappa shape index (κ1) is 7.08. The Bertz CT molecular complexity index is 73.7. The van der Waals surface area contributed by atoms with Crippen LogP contribution in [0.15, 0.2) is 0 Å². The molecule has 0 radical (unpaired) electrons. The fourth-order valence-electron chi connectivity index (χ4n) is 0.0793. The van der Waals surface area contributed by atoms with E-state index >= 15 is 0 Å². The third kappa shape index (κ3) is 5.08. The average molecular weight is 124 g/mol. The van der Waals surface area contributed by atoms with Crippen LogP contribution in [0.4, 0.5) is 0 Å². The monoisotopic (exact) mass is 124 g/mol.